The molecule has 30 heavy (non-hydrogen) atoms. The van der Waals surface area contributed by atoms with Gasteiger partial charge in [0.25, 0.3) is 5.91 Å². The van der Waals surface area contributed by atoms with E-state index < -0.39 is 6.04 Å². The van der Waals surface area contributed by atoms with E-state index in [1.54, 1.807) is 24.0 Å². The van der Waals surface area contributed by atoms with Gasteiger partial charge in [0.2, 0.25) is 5.91 Å². The Morgan fingerprint density at radius 2 is 1.80 bits per heavy atom. The van der Waals surface area contributed by atoms with Crippen molar-refractivity contribution in [2.45, 2.75) is 53.6 Å². The van der Waals surface area contributed by atoms with Gasteiger partial charge in [0, 0.05) is 18.1 Å². The average molecular weight is 431 g/mol. The van der Waals surface area contributed by atoms with Crippen LogP contribution in [0.4, 0.5) is 0 Å². The fourth-order valence-corrected chi connectivity index (χ4v) is 3.26. The monoisotopic (exact) mass is 430 g/mol. The summed E-state index contributed by atoms with van der Waals surface area (Å²) >= 11 is 5.97. The van der Waals surface area contributed by atoms with Gasteiger partial charge in [0.1, 0.15) is 11.8 Å². The summed E-state index contributed by atoms with van der Waals surface area (Å²) in [7, 11) is 0. The highest BCUT2D eigenvalue weighted by Gasteiger charge is 2.26. The fourth-order valence-electron chi connectivity index (χ4n) is 3.14. The molecular formula is C24H31ClN2O3. The van der Waals surface area contributed by atoms with Gasteiger partial charge in [-0.1, -0.05) is 36.7 Å². The zero-order valence-electron chi connectivity index (χ0n) is 18.4. The highest BCUT2D eigenvalue weighted by molar-refractivity contribution is 6.30. The molecule has 0 aliphatic heterocycles. The molecule has 0 aliphatic carbocycles. The van der Waals surface area contributed by atoms with E-state index in [1.165, 1.54) is 0 Å². The number of benzene rings is 2. The molecule has 2 rings (SSSR count). The molecule has 2 aromatic carbocycles. The van der Waals surface area contributed by atoms with Crippen molar-refractivity contribution in [3.05, 3.63) is 63.7 Å². The van der Waals surface area contributed by atoms with Crippen LogP contribution < -0.4 is 10.1 Å². The molecule has 0 saturated carbocycles. The van der Waals surface area contributed by atoms with Crippen LogP contribution in [0.2, 0.25) is 5.02 Å². The lowest BCUT2D eigenvalue weighted by Gasteiger charge is -2.29. The number of halogens is 1. The molecule has 2 amide bonds. The number of aryl methyl sites for hydroxylation is 2. The summed E-state index contributed by atoms with van der Waals surface area (Å²) in [5.74, 6) is 0.264. The normalized spacial score (nSPS) is 11.7. The minimum absolute atomic E-state index is 0.136. The zero-order valence-corrected chi connectivity index (χ0v) is 19.2. The third-order valence-corrected chi connectivity index (χ3v) is 5.35. The molecule has 0 heterocycles. The largest absolute Gasteiger partial charge is 0.483 e. The standard InChI is InChI=1S/C24H31ClN2O3/c1-6-11-26-24(29)19(5)27(14-20-7-9-21(25)10-8-20)23(28)15-30-22-13-16(2)12-17(3)18(22)4/h7-10,12-13,19H,6,11,14-15H2,1-5H3,(H,26,29)/t19-/m0/s1. The molecule has 0 spiro atoms. The molecule has 0 fully saturated rings. The van der Waals surface area contributed by atoms with Crippen LogP contribution in [0, 0.1) is 20.8 Å². The fraction of sp³-hybridized carbons (Fsp3) is 0.417. The van der Waals surface area contributed by atoms with Gasteiger partial charge in [-0.05, 0) is 74.6 Å². The lowest BCUT2D eigenvalue weighted by Crippen LogP contribution is -2.49. The van der Waals surface area contributed by atoms with Crippen LogP contribution in [-0.2, 0) is 16.1 Å². The molecule has 0 radical (unpaired) electrons. The number of nitrogens with one attached hydrogen (secondary N) is 1. The SMILES string of the molecule is CCCNC(=O)[C@H](C)N(Cc1ccc(Cl)cc1)C(=O)COc1cc(C)cc(C)c1C. The van der Waals surface area contributed by atoms with Crippen molar-refractivity contribution in [3.63, 3.8) is 0 Å². The molecule has 1 N–H and O–H groups in total. The quantitative estimate of drug-likeness (QED) is 0.633. The molecule has 162 valence electrons. The zero-order chi connectivity index (χ0) is 22.3. The summed E-state index contributed by atoms with van der Waals surface area (Å²) in [5, 5.41) is 3.49. The molecule has 1 atom stereocenters. The summed E-state index contributed by atoms with van der Waals surface area (Å²) in [5.41, 5.74) is 4.09. The predicted octanol–water partition coefficient (Wildman–Crippen LogP) is 4.59. The number of rotatable bonds is 9. The average Bonchev–Trinajstić information content (AvgIpc) is 2.72. The first kappa shape index (κ1) is 23.7. The molecule has 5 nitrogen and oxygen atoms in total. The highest BCUT2D eigenvalue weighted by Crippen LogP contribution is 2.23. The summed E-state index contributed by atoms with van der Waals surface area (Å²) in [4.78, 5) is 27.2. The Hall–Kier alpha value is -2.53. The van der Waals surface area contributed by atoms with E-state index in [4.69, 9.17) is 16.3 Å². The van der Waals surface area contributed by atoms with E-state index in [2.05, 4.69) is 11.4 Å². The van der Waals surface area contributed by atoms with Crippen LogP contribution >= 0.6 is 11.6 Å². The van der Waals surface area contributed by atoms with E-state index in [0.717, 1.165) is 28.7 Å². The van der Waals surface area contributed by atoms with E-state index >= 15 is 0 Å². The van der Waals surface area contributed by atoms with Crippen molar-refractivity contribution >= 4 is 23.4 Å². The van der Waals surface area contributed by atoms with Crippen LogP contribution in [0.25, 0.3) is 0 Å². The molecule has 0 unspecified atom stereocenters. The second-order valence-electron chi connectivity index (χ2n) is 7.61. The van der Waals surface area contributed by atoms with E-state index in [0.29, 0.717) is 23.9 Å². The van der Waals surface area contributed by atoms with Gasteiger partial charge in [-0.2, -0.15) is 0 Å². The van der Waals surface area contributed by atoms with Gasteiger partial charge in [0.15, 0.2) is 6.61 Å². The Morgan fingerprint density at radius 3 is 2.43 bits per heavy atom. The summed E-state index contributed by atoms with van der Waals surface area (Å²) in [6.45, 7) is 10.4. The van der Waals surface area contributed by atoms with Gasteiger partial charge in [0.05, 0.1) is 0 Å². The summed E-state index contributed by atoms with van der Waals surface area (Å²) < 4.78 is 5.87. The number of hydrogen-bond donors (Lipinski definition) is 1. The first-order valence-electron chi connectivity index (χ1n) is 10.2. The number of carbonyl (C=O) groups excluding carboxylic acids is 2. The first-order chi connectivity index (χ1) is 14.2. The molecule has 0 saturated heterocycles. The molecular weight excluding hydrogens is 400 g/mol. The minimum Gasteiger partial charge on any atom is -0.483 e. The smallest absolute Gasteiger partial charge is 0.261 e. The predicted molar refractivity (Wildman–Crippen MR) is 121 cm³/mol. The lowest BCUT2D eigenvalue weighted by atomic mass is 10.1. The number of carbonyl (C=O) groups is 2. The van der Waals surface area contributed by atoms with E-state index in [9.17, 15) is 9.59 Å². The second-order valence-corrected chi connectivity index (χ2v) is 8.05. The van der Waals surface area contributed by atoms with Crippen molar-refractivity contribution < 1.29 is 14.3 Å². The topological polar surface area (TPSA) is 58.6 Å². The highest BCUT2D eigenvalue weighted by atomic mass is 35.5. The molecule has 0 aliphatic rings. The van der Waals surface area contributed by atoms with Gasteiger partial charge in [-0.25, -0.2) is 0 Å². The summed E-state index contributed by atoms with van der Waals surface area (Å²) in [6, 6.07) is 10.6. The molecule has 0 bridgehead atoms. The maximum atomic E-state index is 13.1. The van der Waals surface area contributed by atoms with Gasteiger partial charge in [-0.3, -0.25) is 9.59 Å². The first-order valence-corrected chi connectivity index (χ1v) is 10.6. The molecule has 6 heteroatoms. The minimum atomic E-state index is -0.622. The lowest BCUT2D eigenvalue weighted by molar-refractivity contribution is -0.142. The van der Waals surface area contributed by atoms with Crippen molar-refractivity contribution in [1.29, 1.82) is 0 Å². The van der Waals surface area contributed by atoms with Gasteiger partial charge in [-0.15, -0.1) is 0 Å². The van der Waals surface area contributed by atoms with Crippen molar-refractivity contribution in [3.8, 4) is 5.75 Å². The Kier molecular flexibility index (Phi) is 8.72. The number of hydrogen-bond acceptors (Lipinski definition) is 3. The third-order valence-electron chi connectivity index (χ3n) is 5.10. The van der Waals surface area contributed by atoms with Crippen LogP contribution in [0.15, 0.2) is 36.4 Å². The second kappa shape index (κ2) is 11.0. The van der Waals surface area contributed by atoms with Crippen LogP contribution in [0.5, 0.6) is 5.75 Å². The number of amides is 2. The van der Waals surface area contributed by atoms with Crippen molar-refractivity contribution in [2.75, 3.05) is 13.2 Å². The Balaban J connectivity index is 2.18. The number of ether oxygens (including phenoxy) is 1. The van der Waals surface area contributed by atoms with Gasteiger partial charge >= 0.3 is 0 Å². The number of nitrogens with zero attached hydrogens (tertiary/aromatic N) is 1. The Morgan fingerprint density at radius 1 is 1.13 bits per heavy atom. The molecule has 0 aromatic heterocycles. The van der Waals surface area contributed by atoms with E-state index in [1.807, 2.05) is 45.9 Å². The third kappa shape index (κ3) is 6.49. The van der Waals surface area contributed by atoms with Crippen LogP contribution in [-0.4, -0.2) is 35.9 Å². The Labute approximate surface area is 184 Å². The maximum Gasteiger partial charge on any atom is 0.261 e. The van der Waals surface area contributed by atoms with Crippen molar-refractivity contribution in [1.82, 2.24) is 10.2 Å². The summed E-state index contributed by atoms with van der Waals surface area (Å²) in [6.07, 6.45) is 0.832. The van der Waals surface area contributed by atoms with E-state index in [-0.39, 0.29) is 18.4 Å². The molecule has 2 aromatic rings. The van der Waals surface area contributed by atoms with Gasteiger partial charge < -0.3 is 15.0 Å². The van der Waals surface area contributed by atoms with Crippen molar-refractivity contribution in [2.24, 2.45) is 0 Å². The Bertz CT molecular complexity index is 881. The van der Waals surface area contributed by atoms with Crippen LogP contribution in [0.1, 0.15) is 42.5 Å². The van der Waals surface area contributed by atoms with Crippen LogP contribution in [0.3, 0.4) is 0 Å². The maximum absolute atomic E-state index is 13.1.